The van der Waals surface area contributed by atoms with Crippen LogP contribution in [-0.4, -0.2) is 55.0 Å². The van der Waals surface area contributed by atoms with Gasteiger partial charge in [-0.2, -0.15) is 0 Å². The molecule has 3 rings (SSSR count). The summed E-state index contributed by atoms with van der Waals surface area (Å²) >= 11 is 0. The van der Waals surface area contributed by atoms with Crippen molar-refractivity contribution in [1.82, 2.24) is 10.1 Å². The van der Waals surface area contributed by atoms with E-state index in [1.807, 2.05) is 11.8 Å². The summed E-state index contributed by atoms with van der Waals surface area (Å²) in [5, 5.41) is 3.71. The van der Waals surface area contributed by atoms with E-state index in [4.69, 9.17) is 14.0 Å². The van der Waals surface area contributed by atoms with Gasteiger partial charge in [0.25, 0.3) is 5.91 Å². The number of ether oxygens (including phenoxy) is 2. The lowest BCUT2D eigenvalue weighted by Gasteiger charge is -2.50. The molecule has 2 aliphatic rings. The molecule has 2 atom stereocenters. The monoisotopic (exact) mass is 308 g/mol. The lowest BCUT2D eigenvalue weighted by atomic mass is 9.73. The normalized spacial score (nSPS) is 28.5. The summed E-state index contributed by atoms with van der Waals surface area (Å²) in [5.41, 5.74) is 0.481. The highest BCUT2D eigenvalue weighted by molar-refractivity contribution is 5.94. The van der Waals surface area contributed by atoms with Gasteiger partial charge < -0.3 is 18.9 Å². The first-order chi connectivity index (χ1) is 10.7. The maximum absolute atomic E-state index is 12.7. The Labute approximate surface area is 130 Å². The molecule has 6 nitrogen and oxygen atoms in total. The van der Waals surface area contributed by atoms with Gasteiger partial charge in [-0.3, -0.25) is 4.79 Å². The second-order valence-electron chi connectivity index (χ2n) is 6.27. The first kappa shape index (κ1) is 15.5. The van der Waals surface area contributed by atoms with Gasteiger partial charge in [-0.15, -0.1) is 0 Å². The molecule has 2 aliphatic heterocycles. The van der Waals surface area contributed by atoms with Crippen molar-refractivity contribution < 1.29 is 18.8 Å². The summed E-state index contributed by atoms with van der Waals surface area (Å²) in [7, 11) is 0. The van der Waals surface area contributed by atoms with Crippen molar-refractivity contribution in [2.75, 3.05) is 32.9 Å². The third-order valence-electron chi connectivity index (χ3n) is 4.85. The molecule has 1 aromatic heterocycles. The zero-order valence-corrected chi connectivity index (χ0v) is 13.3. The van der Waals surface area contributed by atoms with Gasteiger partial charge in [0.05, 0.1) is 18.9 Å². The molecule has 3 heterocycles. The molecule has 122 valence electrons. The fourth-order valence-corrected chi connectivity index (χ4v) is 3.65. The topological polar surface area (TPSA) is 64.8 Å². The van der Waals surface area contributed by atoms with Gasteiger partial charge in [-0.25, -0.2) is 0 Å². The molecule has 0 aromatic carbocycles. The molecule has 2 fully saturated rings. The molecule has 22 heavy (non-hydrogen) atoms. The van der Waals surface area contributed by atoms with Gasteiger partial charge in [0.15, 0.2) is 0 Å². The van der Waals surface area contributed by atoms with Gasteiger partial charge in [0.1, 0.15) is 11.3 Å². The molecule has 0 N–H and O–H groups in total. The summed E-state index contributed by atoms with van der Waals surface area (Å²) in [6, 6.07) is 0. The van der Waals surface area contributed by atoms with E-state index in [1.165, 1.54) is 6.20 Å². The summed E-state index contributed by atoms with van der Waals surface area (Å²) < 4.78 is 16.7. The minimum atomic E-state index is -0.0762. The number of hydrogen-bond acceptors (Lipinski definition) is 5. The van der Waals surface area contributed by atoms with Crippen LogP contribution < -0.4 is 0 Å². The standard InChI is InChI=1S/C16H24N2O4/c1-3-20-11-16-6-4-8-21-14(16)5-7-18(10-16)15(19)13-9-17-22-12(13)2/h9,14H,3-8,10-11H2,1-2H3. The SMILES string of the molecule is CCOCC12CCCOC1CCN(C(=O)c1cnoc1C)C2. The van der Waals surface area contributed by atoms with E-state index in [1.54, 1.807) is 6.92 Å². The molecule has 0 saturated carbocycles. The second kappa shape index (κ2) is 6.38. The molecule has 0 aliphatic carbocycles. The van der Waals surface area contributed by atoms with Crippen LogP contribution in [-0.2, 0) is 9.47 Å². The highest BCUT2D eigenvalue weighted by Crippen LogP contribution is 2.40. The predicted octanol–water partition coefficient (Wildman–Crippen LogP) is 2.03. The number of piperidine rings is 1. The number of carbonyl (C=O) groups excluding carboxylic acids is 1. The Bertz CT molecular complexity index is 530. The molecule has 1 amide bonds. The Kier molecular flexibility index (Phi) is 4.49. The van der Waals surface area contributed by atoms with Gasteiger partial charge in [-0.1, -0.05) is 5.16 Å². The van der Waals surface area contributed by atoms with E-state index in [9.17, 15) is 4.79 Å². The molecule has 0 bridgehead atoms. The Morgan fingerprint density at radius 2 is 2.45 bits per heavy atom. The van der Waals surface area contributed by atoms with Crippen molar-refractivity contribution in [2.24, 2.45) is 5.41 Å². The van der Waals surface area contributed by atoms with Crippen LogP contribution in [0.25, 0.3) is 0 Å². The van der Waals surface area contributed by atoms with Gasteiger partial charge in [-0.05, 0) is 33.1 Å². The number of amides is 1. The number of aromatic nitrogens is 1. The second-order valence-corrected chi connectivity index (χ2v) is 6.27. The predicted molar refractivity (Wildman–Crippen MR) is 79.7 cm³/mol. The van der Waals surface area contributed by atoms with Crippen molar-refractivity contribution in [3.63, 3.8) is 0 Å². The number of fused-ring (bicyclic) bond motifs is 1. The molecule has 2 unspecified atom stereocenters. The first-order valence-electron chi connectivity index (χ1n) is 8.06. The number of aryl methyl sites for hydroxylation is 1. The number of rotatable bonds is 4. The van der Waals surface area contributed by atoms with Crippen LogP contribution in [0.4, 0.5) is 0 Å². The smallest absolute Gasteiger partial charge is 0.259 e. The van der Waals surface area contributed by atoms with E-state index in [2.05, 4.69) is 5.16 Å². The van der Waals surface area contributed by atoms with E-state index >= 15 is 0 Å². The minimum Gasteiger partial charge on any atom is -0.381 e. The number of likely N-dealkylation sites (tertiary alicyclic amines) is 1. The maximum atomic E-state index is 12.7. The zero-order valence-electron chi connectivity index (χ0n) is 13.3. The zero-order chi connectivity index (χ0) is 15.6. The summed E-state index contributed by atoms with van der Waals surface area (Å²) in [6.45, 7) is 7.32. The quantitative estimate of drug-likeness (QED) is 0.851. The van der Waals surface area contributed by atoms with E-state index < -0.39 is 0 Å². The van der Waals surface area contributed by atoms with Crippen molar-refractivity contribution in [3.8, 4) is 0 Å². The van der Waals surface area contributed by atoms with Crippen molar-refractivity contribution in [3.05, 3.63) is 17.5 Å². The minimum absolute atomic E-state index is 0.00125. The maximum Gasteiger partial charge on any atom is 0.259 e. The van der Waals surface area contributed by atoms with Crippen LogP contribution in [0, 0.1) is 12.3 Å². The molecule has 6 heteroatoms. The molecule has 2 saturated heterocycles. The van der Waals surface area contributed by atoms with Gasteiger partial charge in [0, 0.05) is 31.7 Å². The Balaban J connectivity index is 1.78. The number of nitrogens with zero attached hydrogens (tertiary/aromatic N) is 2. The number of hydrogen-bond donors (Lipinski definition) is 0. The van der Waals surface area contributed by atoms with Crippen LogP contribution >= 0.6 is 0 Å². The molecule has 0 spiro atoms. The summed E-state index contributed by atoms with van der Waals surface area (Å²) in [4.78, 5) is 14.6. The largest absolute Gasteiger partial charge is 0.381 e. The first-order valence-corrected chi connectivity index (χ1v) is 8.06. The van der Waals surface area contributed by atoms with Crippen LogP contribution in [0.1, 0.15) is 42.3 Å². The Morgan fingerprint density at radius 1 is 1.59 bits per heavy atom. The fourth-order valence-electron chi connectivity index (χ4n) is 3.65. The Hall–Kier alpha value is -1.40. The summed E-state index contributed by atoms with van der Waals surface area (Å²) in [5.74, 6) is 0.574. The molecule has 1 aromatic rings. The highest BCUT2D eigenvalue weighted by atomic mass is 16.5. The van der Waals surface area contributed by atoms with E-state index in [-0.39, 0.29) is 17.4 Å². The van der Waals surface area contributed by atoms with Crippen LogP contribution in [0.3, 0.4) is 0 Å². The third-order valence-corrected chi connectivity index (χ3v) is 4.85. The van der Waals surface area contributed by atoms with Gasteiger partial charge in [0.2, 0.25) is 0 Å². The van der Waals surface area contributed by atoms with Crippen molar-refractivity contribution >= 4 is 5.91 Å². The van der Waals surface area contributed by atoms with Crippen molar-refractivity contribution in [2.45, 2.75) is 39.2 Å². The third kappa shape index (κ3) is 2.77. The van der Waals surface area contributed by atoms with Crippen LogP contribution in [0.15, 0.2) is 10.7 Å². The van der Waals surface area contributed by atoms with Crippen molar-refractivity contribution in [1.29, 1.82) is 0 Å². The number of carbonyl (C=O) groups is 1. The van der Waals surface area contributed by atoms with Gasteiger partial charge >= 0.3 is 0 Å². The lowest BCUT2D eigenvalue weighted by molar-refractivity contribution is -0.146. The molecular weight excluding hydrogens is 284 g/mol. The highest BCUT2D eigenvalue weighted by Gasteiger charge is 2.47. The average molecular weight is 308 g/mol. The lowest BCUT2D eigenvalue weighted by Crippen LogP contribution is -2.58. The fraction of sp³-hybridized carbons (Fsp3) is 0.750. The van der Waals surface area contributed by atoms with E-state index in [0.29, 0.717) is 37.6 Å². The average Bonchev–Trinajstić information content (AvgIpc) is 2.97. The Morgan fingerprint density at radius 3 is 3.18 bits per heavy atom. The summed E-state index contributed by atoms with van der Waals surface area (Å²) in [6.07, 6.45) is 4.64. The van der Waals surface area contributed by atoms with Crippen LogP contribution in [0.2, 0.25) is 0 Å². The molecule has 0 radical (unpaired) electrons. The molecular formula is C16H24N2O4. The van der Waals surface area contributed by atoms with Crippen LogP contribution in [0.5, 0.6) is 0 Å². The van der Waals surface area contributed by atoms with E-state index in [0.717, 1.165) is 25.9 Å².